The molecular formula is C17H18N2O2. The number of fused-ring (bicyclic) bond motifs is 1. The molecule has 1 atom stereocenters. The molecule has 1 unspecified atom stereocenters. The fraction of sp³-hybridized carbons (Fsp3) is 0.235. The van der Waals surface area contributed by atoms with Crippen molar-refractivity contribution in [2.75, 3.05) is 6.61 Å². The highest BCUT2D eigenvalue weighted by Gasteiger charge is 2.25. The van der Waals surface area contributed by atoms with E-state index in [2.05, 4.69) is 9.97 Å². The third-order valence-electron chi connectivity index (χ3n) is 3.60. The van der Waals surface area contributed by atoms with Gasteiger partial charge < -0.3 is 14.8 Å². The van der Waals surface area contributed by atoms with Crippen LogP contribution in [0.3, 0.4) is 0 Å². The number of rotatable bonds is 5. The van der Waals surface area contributed by atoms with Crippen molar-refractivity contribution in [2.45, 2.75) is 19.1 Å². The van der Waals surface area contributed by atoms with E-state index in [0.29, 0.717) is 13.0 Å². The van der Waals surface area contributed by atoms with E-state index in [1.807, 2.05) is 42.5 Å². The van der Waals surface area contributed by atoms with Gasteiger partial charge in [0.2, 0.25) is 0 Å². The van der Waals surface area contributed by atoms with Gasteiger partial charge in [0.05, 0.1) is 12.9 Å². The summed E-state index contributed by atoms with van der Waals surface area (Å²) in [6, 6.07) is 13.8. The molecule has 4 nitrogen and oxygen atoms in total. The number of ether oxygens (including phenoxy) is 1. The van der Waals surface area contributed by atoms with E-state index in [1.54, 1.807) is 19.4 Å². The minimum atomic E-state index is -1.32. The number of nitrogens with one attached hydrogen (secondary N) is 1. The molecule has 0 saturated heterocycles. The predicted molar refractivity (Wildman–Crippen MR) is 81.8 cm³/mol. The molecule has 3 rings (SSSR count). The van der Waals surface area contributed by atoms with Crippen LogP contribution in [-0.4, -0.2) is 21.7 Å². The van der Waals surface area contributed by atoms with E-state index >= 15 is 0 Å². The molecule has 0 aliphatic heterocycles. The number of benzene rings is 2. The van der Waals surface area contributed by atoms with Crippen LogP contribution in [0.2, 0.25) is 0 Å². The molecule has 21 heavy (non-hydrogen) atoms. The lowest BCUT2D eigenvalue weighted by Crippen LogP contribution is -2.26. The van der Waals surface area contributed by atoms with Gasteiger partial charge in [-0.2, -0.15) is 0 Å². The van der Waals surface area contributed by atoms with Crippen molar-refractivity contribution in [3.8, 4) is 0 Å². The first kappa shape index (κ1) is 13.8. The molecular weight excluding hydrogens is 264 g/mol. The first-order valence-electron chi connectivity index (χ1n) is 6.99. The molecule has 0 bridgehead atoms. The van der Waals surface area contributed by atoms with Crippen molar-refractivity contribution in [3.05, 3.63) is 66.2 Å². The summed E-state index contributed by atoms with van der Waals surface area (Å²) in [6.45, 7) is 2.10. The predicted octanol–water partition coefficient (Wildman–Crippen LogP) is 2.99. The van der Waals surface area contributed by atoms with E-state index < -0.39 is 5.79 Å². The molecule has 2 aromatic carbocycles. The van der Waals surface area contributed by atoms with Crippen molar-refractivity contribution in [3.63, 3.8) is 0 Å². The van der Waals surface area contributed by atoms with Crippen molar-refractivity contribution in [1.82, 2.24) is 9.97 Å². The van der Waals surface area contributed by atoms with E-state index in [-0.39, 0.29) is 0 Å². The van der Waals surface area contributed by atoms with E-state index in [1.165, 1.54) is 0 Å². The summed E-state index contributed by atoms with van der Waals surface area (Å²) in [6.07, 6.45) is 4.08. The number of hydrogen-bond donors (Lipinski definition) is 2. The molecule has 0 saturated carbocycles. The molecule has 3 aromatic rings. The zero-order valence-electron chi connectivity index (χ0n) is 11.9. The number of hydrogen-bond acceptors (Lipinski definition) is 3. The number of aliphatic hydroxyl groups is 1. The van der Waals surface area contributed by atoms with Gasteiger partial charge >= 0.3 is 0 Å². The van der Waals surface area contributed by atoms with Gasteiger partial charge in [-0.3, -0.25) is 0 Å². The summed E-state index contributed by atoms with van der Waals surface area (Å²) in [7, 11) is 0. The number of H-pyrrole nitrogens is 1. The Kier molecular flexibility index (Phi) is 3.73. The van der Waals surface area contributed by atoms with Crippen LogP contribution in [-0.2, 0) is 16.9 Å². The first-order chi connectivity index (χ1) is 10.2. The van der Waals surface area contributed by atoms with E-state index in [9.17, 15) is 5.11 Å². The zero-order valence-corrected chi connectivity index (χ0v) is 11.9. The van der Waals surface area contributed by atoms with Gasteiger partial charge in [-0.1, -0.05) is 42.5 Å². The number of imidazole rings is 1. The molecule has 0 radical (unpaired) electrons. The molecule has 0 aliphatic rings. The molecule has 108 valence electrons. The zero-order chi connectivity index (χ0) is 14.7. The maximum absolute atomic E-state index is 10.7. The third-order valence-corrected chi connectivity index (χ3v) is 3.60. The standard InChI is InChI=1S/C17H18N2O2/c1-17(20,21-10-9-14-11-18-12-19-14)16-8-4-6-13-5-2-3-7-15(13)16/h2-8,11-12,20H,9-10H2,1H3,(H,18,19). The summed E-state index contributed by atoms with van der Waals surface area (Å²) in [4.78, 5) is 6.98. The van der Waals surface area contributed by atoms with Crippen LogP contribution in [0.4, 0.5) is 0 Å². The fourth-order valence-corrected chi connectivity index (χ4v) is 2.49. The fourth-order valence-electron chi connectivity index (χ4n) is 2.49. The van der Waals surface area contributed by atoms with Gasteiger partial charge in [0.15, 0.2) is 5.79 Å². The maximum atomic E-state index is 10.7. The SMILES string of the molecule is CC(O)(OCCc1cnc[nH]1)c1cccc2ccccc12. The molecule has 2 N–H and O–H groups in total. The molecule has 1 heterocycles. The van der Waals surface area contributed by atoms with Gasteiger partial charge in [-0.25, -0.2) is 4.98 Å². The Morgan fingerprint density at radius 3 is 2.81 bits per heavy atom. The molecule has 0 amide bonds. The Morgan fingerprint density at radius 2 is 2.00 bits per heavy atom. The van der Waals surface area contributed by atoms with Gasteiger partial charge in [-0.15, -0.1) is 0 Å². The van der Waals surface area contributed by atoms with Gasteiger partial charge in [0.1, 0.15) is 0 Å². The van der Waals surface area contributed by atoms with Crippen molar-refractivity contribution >= 4 is 10.8 Å². The topological polar surface area (TPSA) is 58.1 Å². The minimum absolute atomic E-state index is 0.415. The summed E-state index contributed by atoms with van der Waals surface area (Å²) in [5.74, 6) is -1.32. The summed E-state index contributed by atoms with van der Waals surface area (Å²) < 4.78 is 5.70. The Morgan fingerprint density at radius 1 is 1.19 bits per heavy atom. The Hall–Kier alpha value is -2.17. The minimum Gasteiger partial charge on any atom is -0.362 e. The molecule has 0 aliphatic carbocycles. The largest absolute Gasteiger partial charge is 0.362 e. The van der Waals surface area contributed by atoms with Crippen molar-refractivity contribution < 1.29 is 9.84 Å². The molecule has 0 fully saturated rings. The van der Waals surface area contributed by atoms with Crippen molar-refractivity contribution in [2.24, 2.45) is 0 Å². The van der Waals surface area contributed by atoms with Crippen LogP contribution in [0.1, 0.15) is 18.2 Å². The molecule has 0 spiro atoms. The number of aromatic amines is 1. The highest BCUT2D eigenvalue weighted by Crippen LogP contribution is 2.29. The molecule has 4 heteroatoms. The highest BCUT2D eigenvalue weighted by molar-refractivity contribution is 5.86. The Balaban J connectivity index is 1.79. The number of aromatic nitrogens is 2. The van der Waals surface area contributed by atoms with Crippen LogP contribution >= 0.6 is 0 Å². The lowest BCUT2D eigenvalue weighted by molar-refractivity contribution is -0.197. The summed E-state index contributed by atoms with van der Waals surface area (Å²) >= 11 is 0. The van der Waals surface area contributed by atoms with E-state index in [4.69, 9.17) is 4.74 Å². The second-order valence-electron chi connectivity index (χ2n) is 5.18. The maximum Gasteiger partial charge on any atom is 0.189 e. The summed E-state index contributed by atoms with van der Waals surface area (Å²) in [5.41, 5.74) is 1.77. The van der Waals surface area contributed by atoms with Crippen LogP contribution < -0.4 is 0 Å². The van der Waals surface area contributed by atoms with Crippen LogP contribution in [0, 0.1) is 0 Å². The van der Waals surface area contributed by atoms with Crippen molar-refractivity contribution in [1.29, 1.82) is 0 Å². The Bertz CT molecular complexity index is 715. The molecule has 1 aromatic heterocycles. The average Bonchev–Trinajstić information content (AvgIpc) is 3.00. The van der Waals surface area contributed by atoms with Gasteiger partial charge in [-0.05, 0) is 17.7 Å². The average molecular weight is 282 g/mol. The third kappa shape index (κ3) is 2.96. The van der Waals surface area contributed by atoms with Gasteiger partial charge in [0.25, 0.3) is 0 Å². The second-order valence-corrected chi connectivity index (χ2v) is 5.18. The van der Waals surface area contributed by atoms with Crippen LogP contribution in [0.15, 0.2) is 55.0 Å². The normalized spacial score (nSPS) is 14.2. The monoisotopic (exact) mass is 282 g/mol. The quantitative estimate of drug-likeness (QED) is 0.707. The first-order valence-corrected chi connectivity index (χ1v) is 6.99. The second kappa shape index (κ2) is 5.68. The lowest BCUT2D eigenvalue weighted by Gasteiger charge is -2.25. The Labute approximate surface area is 123 Å². The highest BCUT2D eigenvalue weighted by atomic mass is 16.6. The number of nitrogens with zero attached hydrogens (tertiary/aromatic N) is 1. The summed E-state index contributed by atoms with van der Waals surface area (Å²) in [5, 5.41) is 12.8. The van der Waals surface area contributed by atoms with E-state index in [0.717, 1.165) is 22.0 Å². The lowest BCUT2D eigenvalue weighted by atomic mass is 9.99. The smallest absolute Gasteiger partial charge is 0.189 e. The van der Waals surface area contributed by atoms with Crippen LogP contribution in [0.25, 0.3) is 10.8 Å². The van der Waals surface area contributed by atoms with Gasteiger partial charge in [0, 0.05) is 23.9 Å². The van der Waals surface area contributed by atoms with Crippen LogP contribution in [0.5, 0.6) is 0 Å².